The van der Waals surface area contributed by atoms with Crippen LogP contribution in [0.3, 0.4) is 0 Å². The maximum atomic E-state index is 5.36. The molecule has 3 aromatic heterocycles. The third kappa shape index (κ3) is 3.55. The molecule has 2 N–H and O–H groups in total. The van der Waals surface area contributed by atoms with Crippen LogP contribution in [0.5, 0.6) is 0 Å². The number of benzene rings is 1. The van der Waals surface area contributed by atoms with Gasteiger partial charge in [-0.15, -0.1) is 11.3 Å². The Bertz CT molecular complexity index is 1120. The van der Waals surface area contributed by atoms with Crippen molar-refractivity contribution in [3.05, 3.63) is 47.3 Å². The van der Waals surface area contributed by atoms with Crippen LogP contribution in [0, 0.1) is 6.92 Å². The molecule has 0 aliphatic heterocycles. The lowest BCUT2D eigenvalue weighted by Gasteiger charge is -2.17. The number of hydrogen-bond acceptors (Lipinski definition) is 10. The van der Waals surface area contributed by atoms with E-state index in [0.717, 1.165) is 15.4 Å². The van der Waals surface area contributed by atoms with Crippen molar-refractivity contribution in [2.75, 3.05) is 11.9 Å². The van der Waals surface area contributed by atoms with Crippen LogP contribution >= 0.6 is 11.3 Å². The second-order valence-electron chi connectivity index (χ2n) is 5.70. The van der Waals surface area contributed by atoms with Crippen molar-refractivity contribution in [2.45, 2.75) is 6.92 Å². The average Bonchev–Trinajstić information content (AvgIpc) is 3.37. The van der Waals surface area contributed by atoms with E-state index >= 15 is 0 Å². The Balaban J connectivity index is 1.75. The number of anilines is 2. The Kier molecular flexibility index (Phi) is 4.72. The van der Waals surface area contributed by atoms with E-state index < -0.39 is 0 Å². The highest BCUT2D eigenvalue weighted by molar-refractivity contribution is 7.15. The third-order valence-electron chi connectivity index (χ3n) is 3.78. The zero-order valence-corrected chi connectivity index (χ0v) is 15.8. The Morgan fingerprint density at radius 3 is 2.54 bits per heavy atom. The maximum absolute atomic E-state index is 5.36. The Labute approximate surface area is 163 Å². The first-order valence-corrected chi connectivity index (χ1v) is 9.02. The lowest BCUT2D eigenvalue weighted by atomic mass is 10.3. The number of aryl methyl sites for hydroxylation is 1. The Morgan fingerprint density at radius 2 is 1.82 bits per heavy atom. The molecule has 4 rings (SSSR count). The van der Waals surface area contributed by atoms with Gasteiger partial charge in [-0.3, -0.25) is 0 Å². The Morgan fingerprint density at radius 1 is 1.00 bits per heavy atom. The van der Waals surface area contributed by atoms with Gasteiger partial charge >= 0.3 is 0 Å². The molecule has 0 atom stereocenters. The minimum atomic E-state index is 0.0450. The number of thiophene rings is 1. The fraction of sp³-hybridized carbons (Fsp3) is 0.118. The van der Waals surface area contributed by atoms with Crippen LogP contribution < -0.4 is 10.7 Å². The molecule has 0 saturated heterocycles. The van der Waals surface area contributed by atoms with E-state index in [-0.39, 0.29) is 17.6 Å². The van der Waals surface area contributed by atoms with Gasteiger partial charge in [0.25, 0.3) is 11.8 Å². The fourth-order valence-corrected chi connectivity index (χ4v) is 3.22. The van der Waals surface area contributed by atoms with Gasteiger partial charge in [-0.2, -0.15) is 19.9 Å². The summed E-state index contributed by atoms with van der Waals surface area (Å²) in [5.41, 5.74) is 0.887. The second-order valence-corrected chi connectivity index (χ2v) is 6.99. The van der Waals surface area contributed by atoms with Crippen LogP contribution in [0.2, 0.25) is 0 Å². The summed E-state index contributed by atoms with van der Waals surface area (Å²) in [4.78, 5) is 21.1. The fourth-order valence-electron chi connectivity index (χ4n) is 2.43. The lowest BCUT2D eigenvalue weighted by molar-refractivity contribution is 0.433. The number of nitrogens with zero attached hydrogens (tertiary/aromatic N) is 8. The van der Waals surface area contributed by atoms with Crippen LogP contribution in [0.1, 0.15) is 4.88 Å². The van der Waals surface area contributed by atoms with E-state index in [0.29, 0.717) is 11.8 Å². The smallest absolute Gasteiger partial charge is 0.276 e. The highest BCUT2D eigenvalue weighted by Gasteiger charge is 2.18. The quantitative estimate of drug-likeness (QED) is 0.308. The van der Waals surface area contributed by atoms with Gasteiger partial charge in [-0.05, 0) is 31.2 Å². The minimum Gasteiger partial charge on any atom is -0.333 e. The van der Waals surface area contributed by atoms with Crippen molar-refractivity contribution in [3.63, 3.8) is 0 Å². The van der Waals surface area contributed by atoms with Gasteiger partial charge in [0.2, 0.25) is 17.6 Å². The van der Waals surface area contributed by atoms with Gasteiger partial charge in [0, 0.05) is 17.6 Å². The maximum Gasteiger partial charge on any atom is 0.276 e. The predicted molar refractivity (Wildman–Crippen MR) is 104 cm³/mol. The summed E-state index contributed by atoms with van der Waals surface area (Å²) in [7, 11) is 1.83. The highest BCUT2D eigenvalue weighted by atomic mass is 32.1. The van der Waals surface area contributed by atoms with Gasteiger partial charge in [0.05, 0.1) is 4.88 Å². The monoisotopic (exact) mass is 393 g/mol. The summed E-state index contributed by atoms with van der Waals surface area (Å²) in [5.74, 6) is 6.38. The molecule has 10 nitrogen and oxygen atoms in total. The highest BCUT2D eigenvalue weighted by Crippen LogP contribution is 2.28. The summed E-state index contributed by atoms with van der Waals surface area (Å²) >= 11 is 1.56. The van der Waals surface area contributed by atoms with E-state index in [4.69, 9.17) is 10.4 Å². The standard InChI is InChI=1S/C17H15N9OS/c1-10-8-9-12(28-10)15-19-14(24-27-15)13-20-16(23-25-18)22-17(21-13)26(2)11-6-4-3-5-7-11/h3-9H,1-2H3,(H2,18,20,21,22,23). The van der Waals surface area contributed by atoms with E-state index in [2.05, 4.69) is 35.4 Å². The van der Waals surface area contributed by atoms with E-state index in [1.807, 2.05) is 56.4 Å². The summed E-state index contributed by atoms with van der Waals surface area (Å²) in [5, 5.41) is 11.0. The summed E-state index contributed by atoms with van der Waals surface area (Å²) < 4.78 is 5.36. The van der Waals surface area contributed by atoms with Crippen molar-refractivity contribution in [3.8, 4) is 22.4 Å². The van der Waals surface area contributed by atoms with Crippen molar-refractivity contribution in [1.29, 1.82) is 0 Å². The number of aromatic nitrogens is 5. The van der Waals surface area contributed by atoms with Gasteiger partial charge in [-0.1, -0.05) is 33.7 Å². The summed E-state index contributed by atoms with van der Waals surface area (Å²) in [6.45, 7) is 2.01. The van der Waals surface area contributed by atoms with Crippen LogP contribution in [0.15, 0.2) is 57.3 Å². The number of hydrogen-bond donors (Lipinski definition) is 1. The van der Waals surface area contributed by atoms with Crippen LogP contribution in [-0.2, 0) is 0 Å². The first kappa shape index (κ1) is 17.7. The molecule has 0 fully saturated rings. The largest absolute Gasteiger partial charge is 0.333 e. The molecule has 0 bridgehead atoms. The van der Waals surface area contributed by atoms with Crippen molar-refractivity contribution >= 4 is 28.9 Å². The zero-order chi connectivity index (χ0) is 19.5. The van der Waals surface area contributed by atoms with Crippen LogP contribution in [-0.4, -0.2) is 32.1 Å². The van der Waals surface area contributed by atoms with Gasteiger partial charge in [0.1, 0.15) is 0 Å². The molecular weight excluding hydrogens is 378 g/mol. The molecule has 3 heterocycles. The van der Waals surface area contributed by atoms with Gasteiger partial charge in [-0.25, -0.2) is 0 Å². The summed E-state index contributed by atoms with van der Waals surface area (Å²) in [6, 6.07) is 13.5. The molecule has 0 aliphatic carbocycles. The predicted octanol–water partition coefficient (Wildman–Crippen LogP) is 3.68. The summed E-state index contributed by atoms with van der Waals surface area (Å²) in [6.07, 6.45) is 0. The molecule has 0 unspecified atom stereocenters. The third-order valence-corrected chi connectivity index (χ3v) is 4.77. The first-order chi connectivity index (χ1) is 13.6. The van der Waals surface area contributed by atoms with Gasteiger partial charge in [0.15, 0.2) is 0 Å². The molecule has 0 saturated carbocycles. The second kappa shape index (κ2) is 7.48. The minimum absolute atomic E-state index is 0.0450. The van der Waals surface area contributed by atoms with E-state index in [1.54, 1.807) is 16.2 Å². The normalized spacial score (nSPS) is 11.2. The molecule has 1 aromatic carbocycles. The number of rotatable bonds is 5. The molecule has 140 valence electrons. The van der Waals surface area contributed by atoms with Gasteiger partial charge < -0.3 is 15.3 Å². The molecule has 0 radical (unpaired) electrons. The first-order valence-electron chi connectivity index (χ1n) is 8.21. The molecule has 0 aliphatic rings. The number of para-hydroxylation sites is 1. The molecule has 28 heavy (non-hydrogen) atoms. The van der Waals surface area contributed by atoms with E-state index in [1.165, 1.54) is 0 Å². The van der Waals surface area contributed by atoms with Crippen molar-refractivity contribution in [1.82, 2.24) is 25.1 Å². The molecular formula is C17H15N9OS. The van der Waals surface area contributed by atoms with E-state index in [9.17, 15) is 0 Å². The van der Waals surface area contributed by atoms with Crippen molar-refractivity contribution < 1.29 is 4.52 Å². The van der Waals surface area contributed by atoms with Crippen LogP contribution in [0.4, 0.5) is 17.6 Å². The lowest BCUT2D eigenvalue weighted by Crippen LogP contribution is -2.14. The average molecular weight is 393 g/mol. The number of nitrogens with two attached hydrogens (primary N) is 1. The van der Waals surface area contributed by atoms with Crippen molar-refractivity contribution in [2.24, 2.45) is 16.2 Å². The molecule has 11 heteroatoms. The molecule has 4 aromatic rings. The Hall–Kier alpha value is -3.73. The molecule has 0 amide bonds. The van der Waals surface area contributed by atoms with Crippen LogP contribution in [0.25, 0.3) is 22.4 Å². The SMILES string of the molecule is Cc1ccc(-c2nc(-c3nc(N=NN)nc(N(C)c4ccccc4)n3)no2)s1. The zero-order valence-electron chi connectivity index (χ0n) is 15.0. The topological polar surface area (TPSA) is 132 Å². The molecule has 0 spiro atoms.